The molecule has 0 radical (unpaired) electrons. The Hall–Kier alpha value is -1.14. The van der Waals surface area contributed by atoms with Gasteiger partial charge in [0.25, 0.3) is 0 Å². The average Bonchev–Trinajstić information content (AvgIpc) is 2.41. The largest absolute Gasteiger partial charge is 0.255 e. The zero-order chi connectivity index (χ0) is 13.8. The summed E-state index contributed by atoms with van der Waals surface area (Å²) in [4.78, 5) is 4.66. The maximum Gasteiger partial charge on any atom is 0.125 e. The van der Waals surface area contributed by atoms with Crippen LogP contribution in [0.4, 0.5) is 5.69 Å². The molecule has 1 aliphatic rings. The molecule has 1 nitrogen and oxygen atoms in total. The fourth-order valence-corrected chi connectivity index (χ4v) is 2.69. The van der Waals surface area contributed by atoms with Crippen LogP contribution >= 0.6 is 9.24 Å². The molecule has 1 atom stereocenters. The van der Waals surface area contributed by atoms with Crippen LogP contribution in [0.1, 0.15) is 24.5 Å². The number of benzene rings is 1. The summed E-state index contributed by atoms with van der Waals surface area (Å²) < 4.78 is 0. The predicted octanol–water partition coefficient (Wildman–Crippen LogP) is 3.83. The summed E-state index contributed by atoms with van der Waals surface area (Å²) >= 11 is 0. The van der Waals surface area contributed by atoms with Gasteiger partial charge in [-0.3, -0.25) is 4.99 Å². The standard InChI is InChI=1S/C16H21BNP/c1-11(2)10-18-15-14(5-4-12(3)16(15)19)13-6-8-17-9-7-13/h4-6,10,17H,1,7-9,19H2,2-3H3/b18-10-. The maximum atomic E-state index is 4.66. The van der Waals surface area contributed by atoms with Gasteiger partial charge in [0.1, 0.15) is 7.28 Å². The van der Waals surface area contributed by atoms with Crippen LogP contribution in [-0.2, 0) is 0 Å². The molecule has 1 heterocycles. The molecule has 98 valence electrons. The second-order valence-corrected chi connectivity index (χ2v) is 5.85. The van der Waals surface area contributed by atoms with Crippen LogP contribution in [0.5, 0.6) is 0 Å². The number of aryl methyl sites for hydroxylation is 1. The Bertz CT molecular complexity index is 558. The molecule has 2 rings (SSSR count). The molecule has 0 N–H and O–H groups in total. The van der Waals surface area contributed by atoms with Crippen LogP contribution < -0.4 is 5.30 Å². The molecule has 0 aromatic heterocycles. The minimum atomic E-state index is 0.981. The molecular formula is C16H21BNP. The lowest BCUT2D eigenvalue weighted by Gasteiger charge is -2.17. The third-order valence-corrected chi connectivity index (χ3v) is 4.21. The van der Waals surface area contributed by atoms with Gasteiger partial charge in [-0.1, -0.05) is 37.4 Å². The van der Waals surface area contributed by atoms with Crippen molar-refractivity contribution in [2.45, 2.75) is 32.9 Å². The van der Waals surface area contributed by atoms with E-state index in [0.717, 1.165) is 11.3 Å². The van der Waals surface area contributed by atoms with E-state index in [1.807, 2.05) is 13.1 Å². The fourth-order valence-electron chi connectivity index (χ4n) is 2.36. The van der Waals surface area contributed by atoms with E-state index in [9.17, 15) is 0 Å². The van der Waals surface area contributed by atoms with Crippen molar-refractivity contribution < 1.29 is 0 Å². The summed E-state index contributed by atoms with van der Waals surface area (Å²) in [5, 5.41) is 1.20. The van der Waals surface area contributed by atoms with Crippen molar-refractivity contribution in [3.05, 3.63) is 41.5 Å². The first-order valence-electron chi connectivity index (χ1n) is 6.87. The highest BCUT2D eigenvalue weighted by molar-refractivity contribution is 7.28. The van der Waals surface area contributed by atoms with E-state index < -0.39 is 0 Å². The van der Waals surface area contributed by atoms with E-state index in [1.165, 1.54) is 48.3 Å². The summed E-state index contributed by atoms with van der Waals surface area (Å²) in [5.41, 5.74) is 6.06. The molecule has 0 aliphatic carbocycles. The van der Waals surface area contributed by atoms with Crippen LogP contribution in [0.3, 0.4) is 0 Å². The van der Waals surface area contributed by atoms with Gasteiger partial charge in [-0.25, -0.2) is 0 Å². The number of nitrogens with zero attached hydrogens (tertiary/aromatic N) is 1. The van der Waals surface area contributed by atoms with Crippen LogP contribution in [0.25, 0.3) is 5.57 Å². The number of hydrogen-bond donors (Lipinski definition) is 0. The molecule has 0 saturated carbocycles. The number of allylic oxidation sites excluding steroid dienone is 3. The lowest BCUT2D eigenvalue weighted by molar-refractivity contribution is 1.18. The van der Waals surface area contributed by atoms with Gasteiger partial charge in [-0.15, -0.1) is 9.24 Å². The summed E-state index contributed by atoms with van der Waals surface area (Å²) in [7, 11) is 4.15. The monoisotopic (exact) mass is 269 g/mol. The predicted molar refractivity (Wildman–Crippen MR) is 92.8 cm³/mol. The molecule has 3 heteroatoms. The van der Waals surface area contributed by atoms with Crippen LogP contribution in [-0.4, -0.2) is 13.5 Å². The second-order valence-electron chi connectivity index (χ2n) is 5.27. The van der Waals surface area contributed by atoms with Crippen LogP contribution in [0.15, 0.2) is 35.4 Å². The van der Waals surface area contributed by atoms with E-state index in [-0.39, 0.29) is 0 Å². The summed E-state index contributed by atoms with van der Waals surface area (Å²) in [6, 6.07) is 4.40. The third kappa shape index (κ3) is 3.45. The second kappa shape index (κ2) is 6.35. The first-order valence-corrected chi connectivity index (χ1v) is 7.45. The molecule has 1 aromatic carbocycles. The molecule has 0 bridgehead atoms. The van der Waals surface area contributed by atoms with Crippen molar-refractivity contribution in [1.82, 2.24) is 0 Å². The van der Waals surface area contributed by atoms with Gasteiger partial charge < -0.3 is 0 Å². The molecule has 1 aliphatic heterocycles. The third-order valence-electron chi connectivity index (χ3n) is 3.49. The Morgan fingerprint density at radius 2 is 2.26 bits per heavy atom. The normalized spacial score (nSPS) is 15.2. The van der Waals surface area contributed by atoms with Crippen molar-refractivity contribution in [1.29, 1.82) is 0 Å². The fraction of sp³-hybridized carbons (Fsp3) is 0.312. The van der Waals surface area contributed by atoms with E-state index >= 15 is 0 Å². The van der Waals surface area contributed by atoms with Crippen molar-refractivity contribution >= 4 is 39.3 Å². The van der Waals surface area contributed by atoms with Crippen molar-refractivity contribution in [2.75, 3.05) is 0 Å². The Balaban J connectivity index is 2.50. The molecule has 1 aromatic rings. The first kappa shape index (κ1) is 14.3. The van der Waals surface area contributed by atoms with E-state index in [2.05, 4.69) is 45.9 Å². The lowest BCUT2D eigenvalue weighted by atomic mass is 9.64. The minimum Gasteiger partial charge on any atom is -0.255 e. The number of rotatable bonds is 3. The van der Waals surface area contributed by atoms with Gasteiger partial charge in [0.15, 0.2) is 0 Å². The van der Waals surface area contributed by atoms with E-state index in [0.29, 0.717) is 0 Å². The first-order chi connectivity index (χ1) is 9.09. The summed E-state index contributed by atoms with van der Waals surface area (Å²) in [6.07, 6.45) is 7.88. The quantitative estimate of drug-likeness (QED) is 0.449. The van der Waals surface area contributed by atoms with Crippen molar-refractivity contribution in [3.63, 3.8) is 0 Å². The molecule has 0 saturated heterocycles. The topological polar surface area (TPSA) is 12.4 Å². The Kier molecular flexibility index (Phi) is 4.77. The van der Waals surface area contributed by atoms with Gasteiger partial charge in [0.2, 0.25) is 0 Å². The van der Waals surface area contributed by atoms with Gasteiger partial charge in [-0.05, 0) is 42.3 Å². The summed E-state index contributed by atoms with van der Waals surface area (Å²) in [5.74, 6) is 0. The zero-order valence-corrected chi connectivity index (χ0v) is 13.0. The van der Waals surface area contributed by atoms with Gasteiger partial charge in [-0.2, -0.15) is 0 Å². The van der Waals surface area contributed by atoms with Gasteiger partial charge in [0.05, 0.1) is 5.69 Å². The van der Waals surface area contributed by atoms with Crippen molar-refractivity contribution in [3.8, 4) is 0 Å². The van der Waals surface area contributed by atoms with Gasteiger partial charge in [0, 0.05) is 11.8 Å². The average molecular weight is 269 g/mol. The van der Waals surface area contributed by atoms with Gasteiger partial charge >= 0.3 is 0 Å². The minimum absolute atomic E-state index is 0.981. The highest BCUT2D eigenvalue weighted by Crippen LogP contribution is 2.32. The van der Waals surface area contributed by atoms with Crippen LogP contribution in [0.2, 0.25) is 12.6 Å². The maximum absolute atomic E-state index is 4.66. The molecule has 0 amide bonds. The number of aliphatic imine (C=N–C) groups is 1. The highest BCUT2D eigenvalue weighted by atomic mass is 31.0. The Morgan fingerprint density at radius 3 is 2.89 bits per heavy atom. The van der Waals surface area contributed by atoms with E-state index in [4.69, 9.17) is 0 Å². The number of hydrogen-bond acceptors (Lipinski definition) is 1. The SMILES string of the molecule is C=C(C)/C=N\c1c(C2=CCBCC2)ccc(C)c1P. The molecule has 1 unspecified atom stereocenters. The Labute approximate surface area is 119 Å². The van der Waals surface area contributed by atoms with Crippen LogP contribution in [0, 0.1) is 6.92 Å². The lowest BCUT2D eigenvalue weighted by Crippen LogP contribution is -2.04. The zero-order valence-electron chi connectivity index (χ0n) is 11.9. The smallest absolute Gasteiger partial charge is 0.125 e. The Morgan fingerprint density at radius 1 is 1.47 bits per heavy atom. The highest BCUT2D eigenvalue weighted by Gasteiger charge is 2.13. The molecular weight excluding hydrogens is 248 g/mol. The van der Waals surface area contributed by atoms with Crippen molar-refractivity contribution in [2.24, 2.45) is 4.99 Å². The molecule has 19 heavy (non-hydrogen) atoms. The van der Waals surface area contributed by atoms with E-state index in [1.54, 1.807) is 0 Å². The molecule has 0 spiro atoms. The molecule has 0 fully saturated rings. The summed E-state index contributed by atoms with van der Waals surface area (Å²) in [6.45, 7) is 7.99.